The second-order valence-electron chi connectivity index (χ2n) is 7.97. The van der Waals surface area contributed by atoms with Crippen LogP contribution in [-0.4, -0.2) is 36.0 Å². The molecule has 2 heterocycles. The molecule has 0 radical (unpaired) electrons. The largest absolute Gasteiger partial charge is 0.456 e. The number of rotatable bonds is 3. The summed E-state index contributed by atoms with van der Waals surface area (Å²) < 4.78 is 6.24. The van der Waals surface area contributed by atoms with Crippen molar-refractivity contribution in [3.8, 4) is 11.5 Å². The lowest BCUT2D eigenvalue weighted by Gasteiger charge is -2.37. The summed E-state index contributed by atoms with van der Waals surface area (Å²) in [4.78, 5) is 5.01. The molecule has 0 amide bonds. The van der Waals surface area contributed by atoms with Crippen LogP contribution in [0.25, 0.3) is 11.8 Å². The van der Waals surface area contributed by atoms with E-state index < -0.39 is 0 Å². The molecule has 1 fully saturated rings. The van der Waals surface area contributed by atoms with Gasteiger partial charge in [0, 0.05) is 49.5 Å². The van der Waals surface area contributed by atoms with E-state index in [0.29, 0.717) is 0 Å². The summed E-state index contributed by atoms with van der Waals surface area (Å²) in [7, 11) is 0. The molecule has 0 spiro atoms. The van der Waals surface area contributed by atoms with Gasteiger partial charge in [-0.25, -0.2) is 0 Å². The first-order chi connectivity index (χ1) is 14.7. The first kappa shape index (κ1) is 19.2. The van der Waals surface area contributed by atoms with Gasteiger partial charge in [-0.3, -0.25) is 4.90 Å². The number of piperazine rings is 1. The minimum atomic E-state index is 0.719. The predicted octanol–water partition coefficient (Wildman–Crippen LogP) is 6.07. The number of hydrogen-bond acceptors (Lipinski definition) is 3. The van der Waals surface area contributed by atoms with Gasteiger partial charge in [0.05, 0.1) is 5.02 Å². The number of hydrogen-bond donors (Lipinski definition) is 0. The van der Waals surface area contributed by atoms with Crippen LogP contribution in [0.3, 0.4) is 0 Å². The molecule has 0 saturated carbocycles. The van der Waals surface area contributed by atoms with Crippen molar-refractivity contribution < 1.29 is 4.74 Å². The zero-order valence-electron chi connectivity index (χ0n) is 17.1. The first-order valence-electron chi connectivity index (χ1n) is 10.5. The van der Waals surface area contributed by atoms with Gasteiger partial charge in [0.15, 0.2) is 0 Å². The monoisotopic (exact) mass is 416 g/mol. The highest BCUT2D eigenvalue weighted by atomic mass is 35.5. The molecule has 0 aromatic heterocycles. The average molecular weight is 417 g/mol. The van der Waals surface area contributed by atoms with Crippen molar-refractivity contribution in [2.45, 2.75) is 13.5 Å². The molecule has 3 aromatic carbocycles. The summed E-state index contributed by atoms with van der Waals surface area (Å²) >= 11 is 6.54. The van der Waals surface area contributed by atoms with Crippen LogP contribution < -0.4 is 4.74 Å². The third kappa shape index (κ3) is 3.71. The number of ether oxygens (including phenoxy) is 1. The Morgan fingerprint density at radius 1 is 0.833 bits per heavy atom. The fraction of sp³-hybridized carbons (Fsp3) is 0.231. The molecular weight excluding hydrogens is 392 g/mol. The summed E-state index contributed by atoms with van der Waals surface area (Å²) in [5.41, 5.74) is 6.04. The lowest BCUT2D eigenvalue weighted by Crippen LogP contribution is -2.45. The number of aryl methyl sites for hydroxylation is 1. The second-order valence-corrected chi connectivity index (χ2v) is 8.38. The highest BCUT2D eigenvalue weighted by Gasteiger charge is 2.25. The topological polar surface area (TPSA) is 15.7 Å². The van der Waals surface area contributed by atoms with E-state index in [2.05, 4.69) is 59.2 Å². The number of fused-ring (bicyclic) bond motifs is 2. The summed E-state index contributed by atoms with van der Waals surface area (Å²) in [5.74, 6) is 1.69. The van der Waals surface area contributed by atoms with E-state index >= 15 is 0 Å². The standard InChI is InChI=1S/C26H25ClN2O/c1-19-7-2-3-8-20(19)18-28-13-15-29(16-14-28)24-17-22-23(27)10-6-12-26(22)30-25-11-5-4-9-21(24)25/h2-12,17H,13-16,18H2,1H3. The van der Waals surface area contributed by atoms with Crippen LogP contribution in [0.1, 0.15) is 22.3 Å². The molecule has 2 aliphatic heterocycles. The van der Waals surface area contributed by atoms with E-state index in [1.54, 1.807) is 0 Å². The minimum absolute atomic E-state index is 0.719. The van der Waals surface area contributed by atoms with Gasteiger partial charge < -0.3 is 9.64 Å². The van der Waals surface area contributed by atoms with Crippen LogP contribution in [0.4, 0.5) is 0 Å². The van der Waals surface area contributed by atoms with Crippen LogP contribution in [0.5, 0.6) is 11.5 Å². The van der Waals surface area contributed by atoms with E-state index in [0.717, 1.165) is 60.4 Å². The Morgan fingerprint density at radius 2 is 1.57 bits per heavy atom. The maximum absolute atomic E-state index is 6.54. The molecule has 4 heteroatoms. The SMILES string of the molecule is Cc1ccccc1CN1CCN(C2=Cc3c(Cl)cccc3Oc3ccccc32)CC1. The predicted molar refractivity (Wildman–Crippen MR) is 124 cm³/mol. The molecule has 0 bridgehead atoms. The fourth-order valence-corrected chi connectivity index (χ4v) is 4.50. The van der Waals surface area contributed by atoms with Gasteiger partial charge in [-0.15, -0.1) is 0 Å². The molecule has 0 N–H and O–H groups in total. The quantitative estimate of drug-likeness (QED) is 0.515. The smallest absolute Gasteiger partial charge is 0.136 e. The summed E-state index contributed by atoms with van der Waals surface area (Å²) in [5, 5.41) is 0.719. The van der Waals surface area contributed by atoms with Gasteiger partial charge in [-0.2, -0.15) is 0 Å². The Labute approximate surface area is 183 Å². The van der Waals surface area contributed by atoms with E-state index in [-0.39, 0.29) is 0 Å². The molecule has 0 aliphatic carbocycles. The van der Waals surface area contributed by atoms with Crippen molar-refractivity contribution in [3.63, 3.8) is 0 Å². The van der Waals surface area contributed by atoms with Crippen LogP contribution in [0, 0.1) is 6.92 Å². The maximum atomic E-state index is 6.54. The van der Waals surface area contributed by atoms with Crippen LogP contribution in [0.2, 0.25) is 5.02 Å². The minimum Gasteiger partial charge on any atom is -0.456 e. The first-order valence-corrected chi connectivity index (χ1v) is 10.9. The van der Waals surface area contributed by atoms with Crippen LogP contribution in [0.15, 0.2) is 66.7 Å². The average Bonchev–Trinajstić information content (AvgIpc) is 2.94. The van der Waals surface area contributed by atoms with E-state index in [1.807, 2.05) is 30.3 Å². The number of benzene rings is 3. The molecule has 30 heavy (non-hydrogen) atoms. The van der Waals surface area contributed by atoms with E-state index in [9.17, 15) is 0 Å². The van der Waals surface area contributed by atoms with Crippen molar-refractivity contribution in [2.24, 2.45) is 0 Å². The molecular formula is C26H25ClN2O. The molecule has 1 saturated heterocycles. The molecule has 3 nitrogen and oxygen atoms in total. The third-order valence-electron chi connectivity index (χ3n) is 6.05. The van der Waals surface area contributed by atoms with E-state index in [1.165, 1.54) is 16.8 Å². The normalized spacial score (nSPS) is 16.2. The van der Waals surface area contributed by atoms with Gasteiger partial charge in [0.1, 0.15) is 11.5 Å². The van der Waals surface area contributed by atoms with Crippen molar-refractivity contribution in [1.82, 2.24) is 9.80 Å². The molecule has 3 aromatic rings. The number of nitrogens with zero attached hydrogens (tertiary/aromatic N) is 2. The maximum Gasteiger partial charge on any atom is 0.136 e. The number of halogens is 1. The van der Waals surface area contributed by atoms with Crippen molar-refractivity contribution in [3.05, 3.63) is 94.0 Å². The third-order valence-corrected chi connectivity index (χ3v) is 6.37. The summed E-state index contributed by atoms with van der Waals surface area (Å²) in [6, 6.07) is 22.8. The lowest BCUT2D eigenvalue weighted by atomic mass is 10.1. The van der Waals surface area contributed by atoms with Crippen molar-refractivity contribution in [1.29, 1.82) is 0 Å². The number of para-hydroxylation sites is 1. The van der Waals surface area contributed by atoms with Crippen molar-refractivity contribution in [2.75, 3.05) is 26.2 Å². The van der Waals surface area contributed by atoms with Gasteiger partial charge in [0.25, 0.3) is 0 Å². The summed E-state index contributed by atoms with van der Waals surface area (Å²) in [6.45, 7) is 7.22. The molecule has 0 atom stereocenters. The Bertz CT molecular complexity index is 1100. The molecule has 152 valence electrons. The van der Waals surface area contributed by atoms with Crippen molar-refractivity contribution >= 4 is 23.4 Å². The molecule has 2 aliphatic rings. The lowest BCUT2D eigenvalue weighted by molar-refractivity contribution is 0.169. The molecule has 5 rings (SSSR count). The summed E-state index contributed by atoms with van der Waals surface area (Å²) in [6.07, 6.45) is 2.19. The Morgan fingerprint density at radius 3 is 2.40 bits per heavy atom. The highest BCUT2D eigenvalue weighted by molar-refractivity contribution is 6.32. The van der Waals surface area contributed by atoms with Gasteiger partial charge in [-0.1, -0.05) is 54.1 Å². The zero-order valence-corrected chi connectivity index (χ0v) is 17.9. The van der Waals surface area contributed by atoms with Gasteiger partial charge in [-0.05, 0) is 48.4 Å². The van der Waals surface area contributed by atoms with Crippen LogP contribution >= 0.6 is 11.6 Å². The van der Waals surface area contributed by atoms with Crippen LogP contribution in [-0.2, 0) is 6.54 Å². The van der Waals surface area contributed by atoms with E-state index in [4.69, 9.17) is 16.3 Å². The Hall–Kier alpha value is -2.75. The zero-order chi connectivity index (χ0) is 20.5. The van der Waals surface area contributed by atoms with Gasteiger partial charge >= 0.3 is 0 Å². The molecule has 0 unspecified atom stereocenters. The second kappa shape index (κ2) is 8.17. The fourth-order valence-electron chi connectivity index (χ4n) is 4.28. The Kier molecular flexibility index (Phi) is 5.24. The Balaban J connectivity index is 1.41. The van der Waals surface area contributed by atoms with Gasteiger partial charge in [0.2, 0.25) is 0 Å². The highest BCUT2D eigenvalue weighted by Crippen LogP contribution is 2.41.